The Labute approximate surface area is 182 Å². The van der Waals surface area contributed by atoms with Gasteiger partial charge in [-0.2, -0.15) is 0 Å². The number of aliphatic hydroxyl groups excluding tert-OH is 1. The molecule has 162 valence electrons. The molecule has 31 heavy (non-hydrogen) atoms. The molecule has 1 unspecified atom stereocenters. The minimum absolute atomic E-state index is 0.117. The number of hydrogen-bond acceptors (Lipinski definition) is 5. The summed E-state index contributed by atoms with van der Waals surface area (Å²) in [7, 11) is 1.57. The molecule has 1 N–H and O–H groups in total. The van der Waals surface area contributed by atoms with Crippen molar-refractivity contribution in [3.8, 4) is 11.5 Å². The number of methoxy groups -OCH3 is 1. The molecule has 0 saturated carbocycles. The molecule has 6 nitrogen and oxygen atoms in total. The number of carbonyl (C=O) groups excluding carboxylic acids is 2. The number of rotatable bonds is 6. The zero-order chi connectivity index (χ0) is 22.0. The summed E-state index contributed by atoms with van der Waals surface area (Å²) in [5, 5.41) is 11.2. The molecule has 0 spiro atoms. The SMILES string of the molecule is CCCCN1C(=O)C(=O)/C(=C(\O)c2ccc3c(c2)CCCO3)C1c1cccc(OC)c1. The highest BCUT2D eigenvalue weighted by Gasteiger charge is 2.45. The quantitative estimate of drug-likeness (QED) is 0.429. The second-order valence-corrected chi connectivity index (χ2v) is 7.90. The van der Waals surface area contributed by atoms with Crippen LogP contribution >= 0.6 is 0 Å². The number of unbranched alkanes of at least 4 members (excludes halogenated alkanes) is 1. The van der Waals surface area contributed by atoms with Crippen molar-refractivity contribution in [2.75, 3.05) is 20.3 Å². The maximum Gasteiger partial charge on any atom is 0.295 e. The molecule has 2 aliphatic heterocycles. The van der Waals surface area contributed by atoms with Gasteiger partial charge in [0.1, 0.15) is 17.3 Å². The van der Waals surface area contributed by atoms with Crippen molar-refractivity contribution in [1.82, 2.24) is 4.90 Å². The Bertz CT molecular complexity index is 1040. The molecule has 0 aromatic heterocycles. The molecule has 4 rings (SSSR count). The van der Waals surface area contributed by atoms with E-state index in [-0.39, 0.29) is 11.3 Å². The fraction of sp³-hybridized carbons (Fsp3) is 0.360. The molecule has 1 atom stereocenters. The van der Waals surface area contributed by atoms with Crippen molar-refractivity contribution in [3.63, 3.8) is 0 Å². The summed E-state index contributed by atoms with van der Waals surface area (Å²) in [6.07, 6.45) is 3.41. The predicted octanol–water partition coefficient (Wildman–Crippen LogP) is 4.24. The molecule has 2 heterocycles. The Morgan fingerprint density at radius 1 is 1.23 bits per heavy atom. The number of fused-ring (bicyclic) bond motifs is 1. The summed E-state index contributed by atoms with van der Waals surface area (Å²) < 4.78 is 11.0. The third kappa shape index (κ3) is 3.90. The number of aliphatic hydroxyl groups is 1. The van der Waals surface area contributed by atoms with E-state index in [2.05, 4.69) is 0 Å². The largest absolute Gasteiger partial charge is 0.507 e. The van der Waals surface area contributed by atoms with Crippen LogP contribution in [0.5, 0.6) is 11.5 Å². The third-order valence-corrected chi connectivity index (χ3v) is 5.88. The lowest BCUT2D eigenvalue weighted by molar-refractivity contribution is -0.139. The van der Waals surface area contributed by atoms with Crippen molar-refractivity contribution in [2.45, 2.75) is 38.6 Å². The number of likely N-dealkylation sites (tertiary alicyclic amines) is 1. The molecular weight excluding hydrogens is 394 g/mol. The number of nitrogens with zero attached hydrogens (tertiary/aromatic N) is 1. The molecule has 6 heteroatoms. The van der Waals surface area contributed by atoms with E-state index in [0.29, 0.717) is 24.5 Å². The van der Waals surface area contributed by atoms with E-state index >= 15 is 0 Å². The fourth-order valence-electron chi connectivity index (χ4n) is 4.26. The number of ketones is 1. The monoisotopic (exact) mass is 421 g/mol. The lowest BCUT2D eigenvalue weighted by Gasteiger charge is -2.25. The van der Waals surface area contributed by atoms with Crippen LogP contribution in [-0.2, 0) is 16.0 Å². The summed E-state index contributed by atoms with van der Waals surface area (Å²) >= 11 is 0. The highest BCUT2D eigenvalue weighted by atomic mass is 16.5. The van der Waals surface area contributed by atoms with Gasteiger partial charge in [-0.15, -0.1) is 0 Å². The van der Waals surface area contributed by atoms with Crippen LogP contribution in [0.25, 0.3) is 5.76 Å². The van der Waals surface area contributed by atoms with Gasteiger partial charge in [0.05, 0.1) is 25.3 Å². The van der Waals surface area contributed by atoms with E-state index in [9.17, 15) is 14.7 Å². The highest BCUT2D eigenvalue weighted by Crippen LogP contribution is 2.41. The number of ether oxygens (including phenoxy) is 2. The summed E-state index contributed by atoms with van der Waals surface area (Å²) in [5.41, 5.74) is 2.36. The van der Waals surface area contributed by atoms with Gasteiger partial charge in [-0.3, -0.25) is 9.59 Å². The van der Waals surface area contributed by atoms with E-state index in [1.165, 1.54) is 0 Å². The van der Waals surface area contributed by atoms with Crippen molar-refractivity contribution >= 4 is 17.4 Å². The molecule has 2 aromatic carbocycles. The van der Waals surface area contributed by atoms with Crippen LogP contribution in [0.1, 0.15) is 48.9 Å². The van der Waals surface area contributed by atoms with Crippen LogP contribution < -0.4 is 9.47 Å². The average Bonchev–Trinajstić information content (AvgIpc) is 3.06. The van der Waals surface area contributed by atoms with Crippen molar-refractivity contribution in [1.29, 1.82) is 0 Å². The van der Waals surface area contributed by atoms with Crippen LogP contribution in [0.15, 0.2) is 48.0 Å². The van der Waals surface area contributed by atoms with Crippen LogP contribution in [-0.4, -0.2) is 42.0 Å². The smallest absolute Gasteiger partial charge is 0.295 e. The Kier molecular flexibility index (Phi) is 5.98. The fourth-order valence-corrected chi connectivity index (χ4v) is 4.26. The Balaban J connectivity index is 1.84. The second-order valence-electron chi connectivity index (χ2n) is 7.90. The number of benzene rings is 2. The number of amides is 1. The maximum absolute atomic E-state index is 13.1. The van der Waals surface area contributed by atoms with Gasteiger partial charge in [0.25, 0.3) is 11.7 Å². The van der Waals surface area contributed by atoms with Gasteiger partial charge in [0.2, 0.25) is 0 Å². The van der Waals surface area contributed by atoms with E-state index in [1.807, 2.05) is 43.3 Å². The van der Waals surface area contributed by atoms with Crippen LogP contribution in [0.4, 0.5) is 0 Å². The van der Waals surface area contributed by atoms with Crippen LogP contribution in [0.2, 0.25) is 0 Å². The van der Waals surface area contributed by atoms with Gasteiger partial charge >= 0.3 is 0 Å². The molecule has 2 aliphatic rings. The predicted molar refractivity (Wildman–Crippen MR) is 117 cm³/mol. The molecule has 0 aliphatic carbocycles. The number of carbonyl (C=O) groups is 2. The summed E-state index contributed by atoms with van der Waals surface area (Å²) in [6.45, 7) is 3.15. The molecular formula is C25H27NO5. The molecule has 1 fully saturated rings. The Morgan fingerprint density at radius 3 is 2.84 bits per heavy atom. The number of hydrogen-bond donors (Lipinski definition) is 1. The van der Waals surface area contributed by atoms with Gasteiger partial charge in [0, 0.05) is 12.1 Å². The normalized spacial score (nSPS) is 19.8. The van der Waals surface area contributed by atoms with Crippen molar-refractivity contribution in [2.24, 2.45) is 0 Å². The van der Waals surface area contributed by atoms with Crippen molar-refractivity contribution in [3.05, 3.63) is 64.7 Å². The van der Waals surface area contributed by atoms with E-state index in [0.717, 1.165) is 42.6 Å². The second kappa shape index (κ2) is 8.84. The van der Waals surface area contributed by atoms with Crippen LogP contribution in [0.3, 0.4) is 0 Å². The lowest BCUT2D eigenvalue weighted by Crippen LogP contribution is -2.30. The zero-order valence-corrected chi connectivity index (χ0v) is 17.9. The van der Waals surface area contributed by atoms with Gasteiger partial charge in [-0.25, -0.2) is 0 Å². The average molecular weight is 421 g/mol. The minimum Gasteiger partial charge on any atom is -0.507 e. The molecule has 0 radical (unpaired) electrons. The van der Waals surface area contributed by atoms with Gasteiger partial charge < -0.3 is 19.5 Å². The van der Waals surface area contributed by atoms with E-state index < -0.39 is 17.7 Å². The van der Waals surface area contributed by atoms with Crippen molar-refractivity contribution < 1.29 is 24.2 Å². The van der Waals surface area contributed by atoms with Gasteiger partial charge in [-0.1, -0.05) is 25.5 Å². The Morgan fingerprint density at radius 2 is 2.06 bits per heavy atom. The summed E-state index contributed by atoms with van der Waals surface area (Å²) in [5.74, 6) is 0.0399. The number of aryl methyl sites for hydroxylation is 1. The molecule has 0 bridgehead atoms. The minimum atomic E-state index is -0.658. The lowest BCUT2D eigenvalue weighted by atomic mass is 9.94. The topological polar surface area (TPSA) is 76.1 Å². The summed E-state index contributed by atoms with van der Waals surface area (Å²) in [4.78, 5) is 27.5. The van der Waals surface area contributed by atoms with Gasteiger partial charge in [0.15, 0.2) is 0 Å². The van der Waals surface area contributed by atoms with Gasteiger partial charge in [-0.05, 0) is 60.7 Å². The number of Topliss-reactive ketones (excluding diaryl/α,β-unsaturated/α-hetero) is 1. The molecule has 2 aromatic rings. The Hall–Kier alpha value is -3.28. The van der Waals surface area contributed by atoms with Crippen LogP contribution in [0, 0.1) is 0 Å². The first-order chi connectivity index (χ1) is 15.0. The maximum atomic E-state index is 13.1. The van der Waals surface area contributed by atoms with E-state index in [1.54, 1.807) is 18.1 Å². The molecule has 1 saturated heterocycles. The standard InChI is InChI=1S/C25H27NO5/c1-3-4-12-26-22(17-7-5-9-19(15-17)30-2)21(24(28)25(26)29)23(27)18-10-11-20-16(14-18)8-6-13-31-20/h5,7,9-11,14-15,22,27H,3-4,6,8,12-13H2,1-2H3/b23-21-. The first-order valence-corrected chi connectivity index (χ1v) is 10.7. The highest BCUT2D eigenvalue weighted by molar-refractivity contribution is 6.46. The first kappa shape index (κ1) is 21.0. The molecule has 1 amide bonds. The summed E-state index contributed by atoms with van der Waals surface area (Å²) in [6, 6.07) is 12.0. The third-order valence-electron chi connectivity index (χ3n) is 5.88. The first-order valence-electron chi connectivity index (χ1n) is 10.7. The van der Waals surface area contributed by atoms with E-state index in [4.69, 9.17) is 9.47 Å². The zero-order valence-electron chi connectivity index (χ0n) is 17.9.